The Labute approximate surface area is 64.2 Å². The number of hydrogen-bond donors (Lipinski definition) is 2. The molecule has 62 valence electrons. The molecule has 0 bridgehead atoms. The summed E-state index contributed by atoms with van der Waals surface area (Å²) >= 11 is 0. The van der Waals surface area contributed by atoms with E-state index >= 15 is 0 Å². The number of nitrogens with one attached hydrogen (secondary N) is 1. The Hall–Kier alpha value is -0.0800. The molecule has 0 amide bonds. The lowest BCUT2D eigenvalue weighted by Gasteiger charge is -2.21. The van der Waals surface area contributed by atoms with Crippen molar-refractivity contribution in [3.8, 4) is 0 Å². The van der Waals surface area contributed by atoms with Crippen LogP contribution in [0.3, 0.4) is 0 Å². The van der Waals surface area contributed by atoms with E-state index in [1.807, 2.05) is 0 Å². The van der Waals surface area contributed by atoms with Crippen molar-refractivity contribution in [2.75, 3.05) is 13.1 Å². The second-order valence-corrected chi connectivity index (χ2v) is 4.08. The minimum absolute atomic E-state index is 0.365. The highest BCUT2D eigenvalue weighted by molar-refractivity contribution is 4.68. The lowest BCUT2D eigenvalue weighted by Crippen LogP contribution is -2.38. The molecule has 0 aromatic heterocycles. The largest absolute Gasteiger partial charge is 0.329 e. The van der Waals surface area contributed by atoms with Gasteiger partial charge in [0.2, 0.25) is 0 Å². The molecule has 0 aliphatic heterocycles. The fraction of sp³-hybridized carbons (Fsp3) is 1.00. The number of hydrogen-bond acceptors (Lipinski definition) is 2. The summed E-state index contributed by atoms with van der Waals surface area (Å²) in [7, 11) is 0. The van der Waals surface area contributed by atoms with E-state index in [-0.39, 0.29) is 0 Å². The molecule has 0 aliphatic carbocycles. The molecule has 0 aromatic carbocycles. The minimum atomic E-state index is 0.365. The van der Waals surface area contributed by atoms with E-state index in [4.69, 9.17) is 5.73 Å². The van der Waals surface area contributed by atoms with Crippen LogP contribution in [-0.2, 0) is 0 Å². The molecule has 1 atom stereocenters. The van der Waals surface area contributed by atoms with E-state index in [9.17, 15) is 0 Å². The normalized spacial score (nSPS) is 15.3. The van der Waals surface area contributed by atoms with Gasteiger partial charge >= 0.3 is 0 Å². The third-order valence-electron chi connectivity index (χ3n) is 1.33. The summed E-state index contributed by atoms with van der Waals surface area (Å²) in [5.41, 5.74) is 5.80. The summed E-state index contributed by atoms with van der Waals surface area (Å²) in [6.45, 7) is 10.5. The first-order valence-corrected chi connectivity index (χ1v) is 3.89. The van der Waals surface area contributed by atoms with E-state index < -0.39 is 0 Å². The Bertz CT molecular complexity index is 83.7. The van der Waals surface area contributed by atoms with Gasteiger partial charge in [-0.25, -0.2) is 0 Å². The summed E-state index contributed by atoms with van der Waals surface area (Å²) < 4.78 is 0. The molecule has 0 fully saturated rings. The van der Waals surface area contributed by atoms with Crippen molar-refractivity contribution in [2.45, 2.75) is 33.7 Å². The fourth-order valence-electron chi connectivity index (χ4n) is 0.564. The summed E-state index contributed by atoms with van der Waals surface area (Å²) in [5.74, 6) is 0. The fourth-order valence-corrected chi connectivity index (χ4v) is 0.564. The molecule has 0 spiro atoms. The summed E-state index contributed by atoms with van der Waals surface area (Å²) in [6.07, 6.45) is 0. The van der Waals surface area contributed by atoms with Crippen LogP contribution in [0, 0.1) is 5.41 Å². The van der Waals surface area contributed by atoms with Gasteiger partial charge < -0.3 is 11.1 Å². The van der Waals surface area contributed by atoms with Gasteiger partial charge in [-0.15, -0.1) is 0 Å². The molecule has 2 heteroatoms. The van der Waals surface area contributed by atoms with E-state index in [1.54, 1.807) is 0 Å². The summed E-state index contributed by atoms with van der Waals surface area (Å²) in [5, 5.41) is 3.35. The molecule has 1 unspecified atom stereocenters. The van der Waals surface area contributed by atoms with Crippen LogP contribution >= 0.6 is 0 Å². The van der Waals surface area contributed by atoms with Crippen LogP contribution in [0.15, 0.2) is 0 Å². The SMILES string of the molecule is CC(CN)NCC(C)(C)C. The van der Waals surface area contributed by atoms with Gasteiger partial charge in [0, 0.05) is 19.1 Å². The monoisotopic (exact) mass is 144 g/mol. The minimum Gasteiger partial charge on any atom is -0.329 e. The predicted molar refractivity (Wildman–Crippen MR) is 46.0 cm³/mol. The Morgan fingerprint density at radius 2 is 1.90 bits per heavy atom. The Balaban J connectivity index is 3.36. The van der Waals surface area contributed by atoms with E-state index in [0.717, 1.165) is 13.1 Å². The van der Waals surface area contributed by atoms with Crippen LogP contribution in [0.4, 0.5) is 0 Å². The van der Waals surface area contributed by atoms with Gasteiger partial charge in [-0.2, -0.15) is 0 Å². The number of rotatable bonds is 3. The van der Waals surface area contributed by atoms with Crippen molar-refractivity contribution >= 4 is 0 Å². The average molecular weight is 144 g/mol. The lowest BCUT2D eigenvalue weighted by molar-refractivity contribution is 0.359. The van der Waals surface area contributed by atoms with Crippen LogP contribution in [0.2, 0.25) is 0 Å². The molecule has 0 radical (unpaired) electrons. The molecule has 0 saturated carbocycles. The van der Waals surface area contributed by atoms with Crippen molar-refractivity contribution in [3.05, 3.63) is 0 Å². The van der Waals surface area contributed by atoms with Gasteiger partial charge in [-0.05, 0) is 12.3 Å². The second-order valence-electron chi connectivity index (χ2n) is 4.08. The molecule has 2 nitrogen and oxygen atoms in total. The van der Waals surface area contributed by atoms with Gasteiger partial charge in [-0.3, -0.25) is 0 Å². The van der Waals surface area contributed by atoms with Crippen molar-refractivity contribution in [2.24, 2.45) is 11.1 Å². The maximum absolute atomic E-state index is 5.44. The van der Waals surface area contributed by atoms with Gasteiger partial charge in [0.15, 0.2) is 0 Å². The zero-order chi connectivity index (χ0) is 8.20. The Morgan fingerprint density at radius 1 is 1.40 bits per heavy atom. The first kappa shape index (κ1) is 9.92. The van der Waals surface area contributed by atoms with Gasteiger partial charge in [0.05, 0.1) is 0 Å². The lowest BCUT2D eigenvalue weighted by atomic mass is 9.97. The molecule has 0 aliphatic rings. The molecule has 0 heterocycles. The summed E-state index contributed by atoms with van der Waals surface area (Å²) in [4.78, 5) is 0. The Kier molecular flexibility index (Phi) is 3.91. The first-order chi connectivity index (χ1) is 4.45. The van der Waals surface area contributed by atoms with Crippen molar-refractivity contribution in [3.63, 3.8) is 0 Å². The highest BCUT2D eigenvalue weighted by Crippen LogP contribution is 2.10. The second kappa shape index (κ2) is 3.94. The maximum Gasteiger partial charge on any atom is 0.0162 e. The average Bonchev–Trinajstić information content (AvgIpc) is 1.81. The first-order valence-electron chi connectivity index (χ1n) is 3.89. The van der Waals surface area contributed by atoms with Crippen molar-refractivity contribution < 1.29 is 0 Å². The topological polar surface area (TPSA) is 38.0 Å². The zero-order valence-corrected chi connectivity index (χ0v) is 7.57. The van der Waals surface area contributed by atoms with Gasteiger partial charge in [0.1, 0.15) is 0 Å². The van der Waals surface area contributed by atoms with Gasteiger partial charge in [-0.1, -0.05) is 20.8 Å². The molecule has 0 saturated heterocycles. The highest BCUT2D eigenvalue weighted by atomic mass is 14.9. The quantitative estimate of drug-likeness (QED) is 0.619. The predicted octanol–water partition coefficient (Wildman–Crippen LogP) is 0.969. The zero-order valence-electron chi connectivity index (χ0n) is 7.57. The van der Waals surface area contributed by atoms with Crippen molar-refractivity contribution in [1.82, 2.24) is 5.32 Å². The molecular weight excluding hydrogens is 124 g/mol. The van der Waals surface area contributed by atoms with E-state index in [0.29, 0.717) is 11.5 Å². The summed E-state index contributed by atoms with van der Waals surface area (Å²) in [6, 6.07) is 0.444. The van der Waals surface area contributed by atoms with Crippen LogP contribution in [0.1, 0.15) is 27.7 Å². The third kappa shape index (κ3) is 6.05. The smallest absolute Gasteiger partial charge is 0.0162 e. The molecular formula is C8H20N2. The molecule has 10 heavy (non-hydrogen) atoms. The van der Waals surface area contributed by atoms with Gasteiger partial charge in [0.25, 0.3) is 0 Å². The maximum atomic E-state index is 5.44. The van der Waals surface area contributed by atoms with Crippen molar-refractivity contribution in [1.29, 1.82) is 0 Å². The third-order valence-corrected chi connectivity index (χ3v) is 1.33. The van der Waals surface area contributed by atoms with E-state index in [1.165, 1.54) is 0 Å². The molecule has 3 N–H and O–H groups in total. The van der Waals surface area contributed by atoms with Crippen LogP contribution in [0.5, 0.6) is 0 Å². The van der Waals surface area contributed by atoms with Crippen LogP contribution in [0.25, 0.3) is 0 Å². The molecule has 0 rings (SSSR count). The van der Waals surface area contributed by atoms with Crippen LogP contribution in [-0.4, -0.2) is 19.1 Å². The highest BCUT2D eigenvalue weighted by Gasteiger charge is 2.10. The van der Waals surface area contributed by atoms with E-state index in [2.05, 4.69) is 33.0 Å². The number of nitrogens with two attached hydrogens (primary N) is 1. The Morgan fingerprint density at radius 3 is 2.20 bits per heavy atom. The molecule has 0 aromatic rings. The standard InChI is InChI=1S/C8H20N2/c1-7(5-9)10-6-8(2,3)4/h7,10H,5-6,9H2,1-4H3. The van der Waals surface area contributed by atoms with Crippen LogP contribution < -0.4 is 11.1 Å².